The molecule has 154 valence electrons. The predicted octanol–water partition coefficient (Wildman–Crippen LogP) is 6.78. The fourth-order valence-corrected chi connectivity index (χ4v) is 5.53. The number of carbonyl (C=O) groups is 1. The molecule has 0 bridgehead atoms. The van der Waals surface area contributed by atoms with Gasteiger partial charge in [-0.15, -0.1) is 11.8 Å². The van der Waals surface area contributed by atoms with E-state index in [0.717, 1.165) is 36.3 Å². The van der Waals surface area contributed by atoms with Gasteiger partial charge in [-0.05, 0) is 62.3 Å². The van der Waals surface area contributed by atoms with Crippen LogP contribution in [0, 0.1) is 5.92 Å². The largest absolute Gasteiger partial charge is 0.482 e. The van der Waals surface area contributed by atoms with Crippen LogP contribution in [0.4, 0.5) is 0 Å². The van der Waals surface area contributed by atoms with Gasteiger partial charge < -0.3 is 9.47 Å². The number of esters is 1. The number of carbonyl (C=O) groups excluding carboxylic acids is 1. The molecular formula is C24H34O3S. The van der Waals surface area contributed by atoms with E-state index in [-0.39, 0.29) is 11.6 Å². The summed E-state index contributed by atoms with van der Waals surface area (Å²) in [5, 5.41) is 0. The first-order chi connectivity index (χ1) is 13.3. The first-order valence-corrected chi connectivity index (χ1v) is 11.7. The Labute approximate surface area is 174 Å². The maximum absolute atomic E-state index is 11.8. The van der Waals surface area contributed by atoms with Gasteiger partial charge in [0.1, 0.15) is 17.1 Å². The molecule has 3 nitrogen and oxygen atoms in total. The summed E-state index contributed by atoms with van der Waals surface area (Å²) in [4.78, 5) is 13.0. The van der Waals surface area contributed by atoms with Gasteiger partial charge in [-0.25, -0.2) is 0 Å². The van der Waals surface area contributed by atoms with E-state index in [1.54, 1.807) is 0 Å². The normalized spacial score (nSPS) is 18.3. The van der Waals surface area contributed by atoms with Gasteiger partial charge in [-0.2, -0.15) is 0 Å². The first kappa shape index (κ1) is 21.3. The second-order valence-electron chi connectivity index (χ2n) is 8.72. The fraction of sp³-hybridized carbons (Fsp3) is 0.625. The summed E-state index contributed by atoms with van der Waals surface area (Å²) < 4.78 is 12.1. The first-order valence-electron chi connectivity index (χ1n) is 10.7. The lowest BCUT2D eigenvalue weighted by Crippen LogP contribution is -2.32. The minimum Gasteiger partial charge on any atom is -0.482 e. The molecule has 0 aromatic heterocycles. The lowest BCUT2D eigenvalue weighted by molar-refractivity contribution is -0.131. The smallest absolute Gasteiger partial charge is 0.308 e. The zero-order chi connectivity index (χ0) is 20.3. The van der Waals surface area contributed by atoms with Crippen molar-refractivity contribution in [2.45, 2.75) is 85.2 Å². The van der Waals surface area contributed by atoms with Crippen molar-refractivity contribution in [2.75, 3.05) is 5.75 Å². The average Bonchev–Trinajstić information content (AvgIpc) is 3.10. The average molecular weight is 403 g/mol. The van der Waals surface area contributed by atoms with Crippen molar-refractivity contribution in [3.05, 3.63) is 28.2 Å². The van der Waals surface area contributed by atoms with Crippen molar-refractivity contribution >= 4 is 23.3 Å². The molecule has 0 saturated heterocycles. The molecule has 0 amide bonds. The number of unbranched alkanes of at least 4 members (excludes halogenated alkanes) is 2. The van der Waals surface area contributed by atoms with Crippen molar-refractivity contribution in [3.8, 4) is 11.5 Å². The van der Waals surface area contributed by atoms with E-state index in [0.29, 0.717) is 11.7 Å². The molecule has 1 aromatic rings. The van der Waals surface area contributed by atoms with Crippen LogP contribution < -0.4 is 9.47 Å². The minimum absolute atomic E-state index is 0.273. The van der Waals surface area contributed by atoms with E-state index >= 15 is 0 Å². The van der Waals surface area contributed by atoms with Crippen molar-refractivity contribution < 1.29 is 14.3 Å². The Kier molecular flexibility index (Phi) is 6.80. The molecule has 2 aliphatic rings. The standard InChI is InChI=1S/C24H34O3S/c1-6-7-8-9-16(2)10-11-18-14-20(26-17(3)25)22-19-12-13-28-23(19)24(4,5)27-21(22)15-18/h14-16H,6-13H2,1-5H3. The molecule has 1 aromatic carbocycles. The lowest BCUT2D eigenvalue weighted by atomic mass is 9.90. The Bertz CT molecular complexity index is 763. The molecule has 4 heteroatoms. The van der Waals surface area contributed by atoms with Crippen LogP contribution in [-0.2, 0) is 11.2 Å². The lowest BCUT2D eigenvalue weighted by Gasteiger charge is -2.35. The Morgan fingerprint density at radius 1 is 1.29 bits per heavy atom. The summed E-state index contributed by atoms with van der Waals surface area (Å²) >= 11 is 1.87. The number of thioether (sulfide) groups is 1. The van der Waals surface area contributed by atoms with Crippen LogP contribution in [0.25, 0.3) is 5.57 Å². The zero-order valence-electron chi connectivity index (χ0n) is 18.0. The predicted molar refractivity (Wildman–Crippen MR) is 118 cm³/mol. The molecule has 1 unspecified atom stereocenters. The van der Waals surface area contributed by atoms with Crippen LogP contribution >= 0.6 is 11.8 Å². The second-order valence-corrected chi connectivity index (χ2v) is 9.82. The molecule has 2 heterocycles. The quantitative estimate of drug-likeness (QED) is 0.273. The van der Waals surface area contributed by atoms with Gasteiger partial charge >= 0.3 is 5.97 Å². The molecule has 1 atom stereocenters. The van der Waals surface area contributed by atoms with E-state index in [4.69, 9.17) is 9.47 Å². The van der Waals surface area contributed by atoms with Gasteiger partial charge in [0.25, 0.3) is 0 Å². The molecule has 0 aliphatic carbocycles. The highest BCUT2D eigenvalue weighted by molar-refractivity contribution is 8.03. The number of hydrogen-bond donors (Lipinski definition) is 0. The minimum atomic E-state index is -0.316. The van der Waals surface area contributed by atoms with Crippen molar-refractivity contribution in [1.82, 2.24) is 0 Å². The molecule has 0 radical (unpaired) electrons. The fourth-order valence-electron chi connectivity index (χ4n) is 4.25. The van der Waals surface area contributed by atoms with E-state index in [2.05, 4.69) is 39.8 Å². The molecule has 2 aliphatic heterocycles. The monoisotopic (exact) mass is 402 g/mol. The summed E-state index contributed by atoms with van der Waals surface area (Å²) in [5.74, 6) is 3.04. The summed E-state index contributed by atoms with van der Waals surface area (Å²) in [6.07, 6.45) is 8.32. The van der Waals surface area contributed by atoms with Gasteiger partial charge in [0.15, 0.2) is 0 Å². The molecule has 0 N–H and O–H groups in total. The Hall–Kier alpha value is -1.42. The van der Waals surface area contributed by atoms with Crippen LogP contribution in [0.3, 0.4) is 0 Å². The molecule has 3 rings (SSSR count). The summed E-state index contributed by atoms with van der Waals surface area (Å²) in [7, 11) is 0. The van der Waals surface area contributed by atoms with E-state index in [9.17, 15) is 4.79 Å². The van der Waals surface area contributed by atoms with Crippen LogP contribution in [0.5, 0.6) is 11.5 Å². The number of allylic oxidation sites excluding steroid dienone is 1. The Morgan fingerprint density at radius 2 is 2.07 bits per heavy atom. The molecule has 0 spiro atoms. The third kappa shape index (κ3) is 4.76. The highest BCUT2D eigenvalue weighted by Gasteiger charge is 2.39. The van der Waals surface area contributed by atoms with Crippen molar-refractivity contribution in [2.24, 2.45) is 5.92 Å². The van der Waals surface area contributed by atoms with Gasteiger partial charge in [-0.1, -0.05) is 39.5 Å². The highest BCUT2D eigenvalue weighted by atomic mass is 32.2. The van der Waals surface area contributed by atoms with E-state index in [1.807, 2.05) is 11.8 Å². The van der Waals surface area contributed by atoms with Crippen molar-refractivity contribution in [3.63, 3.8) is 0 Å². The SMILES string of the molecule is CCCCCC(C)CCc1cc(OC(C)=O)c2c(c1)OC(C)(C)C1=C2CCS1. The van der Waals surface area contributed by atoms with E-state index < -0.39 is 0 Å². The summed E-state index contributed by atoms with van der Waals surface area (Å²) in [6, 6.07) is 4.24. The number of rotatable bonds is 8. The second kappa shape index (κ2) is 8.94. The van der Waals surface area contributed by atoms with Crippen LogP contribution in [0.2, 0.25) is 0 Å². The number of fused-ring (bicyclic) bond motifs is 2. The van der Waals surface area contributed by atoms with Gasteiger partial charge in [-0.3, -0.25) is 4.79 Å². The number of hydrogen-bond acceptors (Lipinski definition) is 4. The third-order valence-corrected chi connectivity index (χ3v) is 7.13. The summed E-state index contributed by atoms with van der Waals surface area (Å²) in [5.41, 5.74) is 3.17. The number of aryl methyl sites for hydroxylation is 1. The molecule has 28 heavy (non-hydrogen) atoms. The number of ether oxygens (including phenoxy) is 2. The maximum Gasteiger partial charge on any atom is 0.308 e. The number of benzene rings is 1. The zero-order valence-corrected chi connectivity index (χ0v) is 18.8. The van der Waals surface area contributed by atoms with Crippen LogP contribution in [-0.4, -0.2) is 17.3 Å². The van der Waals surface area contributed by atoms with Crippen LogP contribution in [0.1, 0.15) is 84.3 Å². The van der Waals surface area contributed by atoms with Crippen molar-refractivity contribution in [1.29, 1.82) is 0 Å². The molecule has 0 saturated carbocycles. The highest BCUT2D eigenvalue weighted by Crippen LogP contribution is 2.54. The van der Waals surface area contributed by atoms with Gasteiger partial charge in [0.05, 0.1) is 5.56 Å². The maximum atomic E-state index is 11.8. The molecule has 0 fully saturated rings. The van der Waals surface area contributed by atoms with Gasteiger partial charge in [0.2, 0.25) is 0 Å². The van der Waals surface area contributed by atoms with Crippen LogP contribution in [0.15, 0.2) is 17.0 Å². The van der Waals surface area contributed by atoms with E-state index in [1.165, 1.54) is 48.6 Å². The van der Waals surface area contributed by atoms with Gasteiger partial charge in [0, 0.05) is 17.6 Å². The Balaban J connectivity index is 1.86. The third-order valence-electron chi connectivity index (χ3n) is 5.69. The summed E-state index contributed by atoms with van der Waals surface area (Å²) in [6.45, 7) is 10.3. The Morgan fingerprint density at radius 3 is 2.79 bits per heavy atom. The topological polar surface area (TPSA) is 35.5 Å². The molecular weight excluding hydrogens is 368 g/mol.